The summed E-state index contributed by atoms with van der Waals surface area (Å²) >= 11 is 0. The minimum atomic E-state index is -3.81. The van der Waals surface area contributed by atoms with Crippen LogP contribution in [-0.2, 0) is 39.1 Å². The molecule has 61 heavy (non-hydrogen) atoms. The Bertz CT molecular complexity index is 2370. The lowest BCUT2D eigenvalue weighted by Gasteiger charge is -2.31. The number of sulfonamides is 1. The molecule has 0 aliphatic carbocycles. The second-order valence-electron chi connectivity index (χ2n) is 14.7. The second kappa shape index (κ2) is 21.6. The molecule has 320 valence electrons. The molecule has 0 unspecified atom stereocenters. The molecule has 5 aromatic rings. The van der Waals surface area contributed by atoms with Gasteiger partial charge < -0.3 is 30.7 Å². The zero-order valence-corrected chi connectivity index (χ0v) is 35.5. The minimum Gasteiger partial charge on any atom is -0.497 e. The fourth-order valence-corrected chi connectivity index (χ4v) is 7.01. The van der Waals surface area contributed by atoms with Crippen molar-refractivity contribution in [2.45, 2.75) is 57.5 Å². The number of nitrogens with zero attached hydrogens (tertiary/aromatic N) is 3. The SMILES string of the molecule is COc1cccc(CN(C[C@@H](O)[C@H](Cc2ccccc2)NC(=O)c2cc(C(=O)N[C@H](C)c3ccccc3)cc(N(C)S(C)(=O)=O)c2)C(=O)CCC(=O)NCc2cccnc2)c1. The molecular formula is C46H52N6O8S. The first-order valence-electron chi connectivity index (χ1n) is 19.7. The summed E-state index contributed by atoms with van der Waals surface area (Å²) in [6, 6.07) is 31.9. The summed E-state index contributed by atoms with van der Waals surface area (Å²) in [5.41, 5.74) is 3.24. The van der Waals surface area contributed by atoms with Crippen molar-refractivity contribution < 1.29 is 37.4 Å². The second-order valence-corrected chi connectivity index (χ2v) is 16.7. The van der Waals surface area contributed by atoms with E-state index < -0.39 is 45.9 Å². The highest BCUT2D eigenvalue weighted by Crippen LogP contribution is 2.23. The molecule has 0 fully saturated rings. The molecule has 14 nitrogen and oxygen atoms in total. The summed E-state index contributed by atoms with van der Waals surface area (Å²) < 4.78 is 31.7. The van der Waals surface area contributed by atoms with Crippen molar-refractivity contribution in [2.75, 3.05) is 31.3 Å². The highest BCUT2D eigenvalue weighted by Gasteiger charge is 2.28. The first-order valence-corrected chi connectivity index (χ1v) is 21.6. The summed E-state index contributed by atoms with van der Waals surface area (Å²) in [5.74, 6) is -1.39. The lowest BCUT2D eigenvalue weighted by Crippen LogP contribution is -2.50. The van der Waals surface area contributed by atoms with Gasteiger partial charge in [0.25, 0.3) is 11.8 Å². The lowest BCUT2D eigenvalue weighted by molar-refractivity contribution is -0.135. The van der Waals surface area contributed by atoms with Crippen LogP contribution >= 0.6 is 0 Å². The number of aromatic nitrogens is 1. The Morgan fingerprint density at radius 3 is 2.07 bits per heavy atom. The van der Waals surface area contributed by atoms with Crippen LogP contribution in [0.3, 0.4) is 0 Å². The van der Waals surface area contributed by atoms with Crippen molar-refractivity contribution in [3.63, 3.8) is 0 Å². The molecule has 0 radical (unpaired) electrons. The van der Waals surface area contributed by atoms with Crippen molar-refractivity contribution in [1.29, 1.82) is 0 Å². The van der Waals surface area contributed by atoms with Crippen LogP contribution in [-0.4, -0.2) is 86.1 Å². The van der Waals surface area contributed by atoms with E-state index in [2.05, 4.69) is 20.9 Å². The van der Waals surface area contributed by atoms with Crippen molar-refractivity contribution in [1.82, 2.24) is 25.8 Å². The molecule has 3 atom stereocenters. The van der Waals surface area contributed by atoms with Crippen molar-refractivity contribution in [2.24, 2.45) is 0 Å². The van der Waals surface area contributed by atoms with Crippen LogP contribution < -0.4 is 25.0 Å². The highest BCUT2D eigenvalue weighted by atomic mass is 32.2. The molecule has 4 N–H and O–H groups in total. The van der Waals surface area contributed by atoms with Gasteiger partial charge in [-0.25, -0.2) is 8.42 Å². The summed E-state index contributed by atoms with van der Waals surface area (Å²) in [6.45, 7) is 1.90. The molecule has 4 amide bonds. The monoisotopic (exact) mass is 848 g/mol. The number of benzene rings is 4. The Balaban J connectivity index is 1.41. The topological polar surface area (TPSA) is 187 Å². The average Bonchev–Trinajstić information content (AvgIpc) is 3.27. The van der Waals surface area contributed by atoms with E-state index in [0.717, 1.165) is 27.3 Å². The van der Waals surface area contributed by atoms with Gasteiger partial charge in [-0.05, 0) is 72.0 Å². The van der Waals surface area contributed by atoms with E-state index in [0.29, 0.717) is 11.3 Å². The lowest BCUT2D eigenvalue weighted by atomic mass is 9.99. The number of aliphatic hydroxyl groups excluding tert-OH is 1. The van der Waals surface area contributed by atoms with Crippen LogP contribution in [0.25, 0.3) is 0 Å². The molecule has 4 aromatic carbocycles. The van der Waals surface area contributed by atoms with Gasteiger partial charge in [-0.15, -0.1) is 0 Å². The predicted molar refractivity (Wildman–Crippen MR) is 233 cm³/mol. The number of nitrogens with one attached hydrogen (secondary N) is 3. The molecule has 0 bridgehead atoms. The maximum Gasteiger partial charge on any atom is 0.251 e. The third kappa shape index (κ3) is 13.7. The van der Waals surface area contributed by atoms with Crippen LogP contribution in [0.4, 0.5) is 5.69 Å². The number of hydrogen-bond donors (Lipinski definition) is 4. The van der Waals surface area contributed by atoms with Crippen LogP contribution in [0.5, 0.6) is 5.75 Å². The smallest absolute Gasteiger partial charge is 0.251 e. The van der Waals surface area contributed by atoms with Gasteiger partial charge in [0.2, 0.25) is 21.8 Å². The fraction of sp³-hybridized carbons (Fsp3) is 0.283. The Labute approximate surface area is 357 Å². The van der Waals surface area contributed by atoms with Gasteiger partial charge in [-0.1, -0.05) is 78.9 Å². The van der Waals surface area contributed by atoms with E-state index in [4.69, 9.17) is 4.74 Å². The van der Waals surface area contributed by atoms with Crippen LogP contribution in [0.1, 0.15) is 68.8 Å². The first-order chi connectivity index (χ1) is 29.2. The van der Waals surface area contributed by atoms with Gasteiger partial charge >= 0.3 is 0 Å². The Hall–Kier alpha value is -6.58. The van der Waals surface area contributed by atoms with E-state index in [1.807, 2.05) is 79.7 Å². The van der Waals surface area contributed by atoms with Crippen LogP contribution in [0, 0.1) is 0 Å². The molecule has 0 spiro atoms. The largest absolute Gasteiger partial charge is 0.497 e. The fourth-order valence-electron chi connectivity index (χ4n) is 6.52. The third-order valence-corrected chi connectivity index (χ3v) is 11.3. The maximum atomic E-state index is 14.3. The number of amides is 4. The summed E-state index contributed by atoms with van der Waals surface area (Å²) in [7, 11) is -0.955. The Morgan fingerprint density at radius 2 is 1.43 bits per heavy atom. The van der Waals surface area contributed by atoms with Crippen LogP contribution in [0.2, 0.25) is 0 Å². The number of carbonyl (C=O) groups is 4. The third-order valence-electron chi connectivity index (χ3n) is 10.1. The maximum absolute atomic E-state index is 14.3. The molecule has 1 aromatic heterocycles. The number of anilines is 1. The van der Waals surface area contributed by atoms with Crippen molar-refractivity contribution in [3.8, 4) is 5.75 Å². The summed E-state index contributed by atoms with van der Waals surface area (Å²) in [6.07, 6.45) is 2.84. The quantitative estimate of drug-likeness (QED) is 0.0854. The van der Waals surface area contributed by atoms with E-state index in [1.165, 1.54) is 37.3 Å². The molecule has 0 saturated heterocycles. The number of methoxy groups -OCH3 is 1. The standard InChI is InChI=1S/C46H52N6O8S/c1-32(36-17-9-6-10-18-36)49-45(56)37-25-38(27-39(26-37)51(2)61(4,58)59)46(57)50-41(24-33-13-7-5-8-14-33)42(53)31-52(30-34-15-11-19-40(23-34)60-3)44(55)21-20-43(54)48-29-35-16-12-22-47-28-35/h5-19,22-23,25-28,32,41-42,53H,20-21,24,29-31H2,1-4H3,(H,48,54)(H,49,56)(H,50,57)/t32-,41+,42-/m1/s1. The number of ether oxygens (including phenoxy) is 1. The number of pyridine rings is 1. The predicted octanol–water partition coefficient (Wildman–Crippen LogP) is 4.80. The molecular weight excluding hydrogens is 797 g/mol. The van der Waals surface area contributed by atoms with E-state index in [1.54, 1.807) is 36.7 Å². The van der Waals surface area contributed by atoms with Gasteiger partial charge in [0.15, 0.2) is 0 Å². The summed E-state index contributed by atoms with van der Waals surface area (Å²) in [5, 5.41) is 20.6. The number of rotatable bonds is 20. The van der Waals surface area contributed by atoms with Gasteiger partial charge in [-0.3, -0.25) is 28.5 Å². The molecule has 0 aliphatic heterocycles. The van der Waals surface area contributed by atoms with Gasteiger partial charge in [-0.2, -0.15) is 0 Å². The summed E-state index contributed by atoms with van der Waals surface area (Å²) in [4.78, 5) is 60.1. The van der Waals surface area contributed by atoms with E-state index in [-0.39, 0.29) is 61.6 Å². The minimum absolute atomic E-state index is 0.0302. The number of hydrogen-bond acceptors (Lipinski definition) is 9. The molecule has 15 heteroatoms. The van der Waals surface area contributed by atoms with Crippen molar-refractivity contribution >= 4 is 39.3 Å². The Kier molecular flexibility index (Phi) is 16.1. The molecule has 0 saturated carbocycles. The molecule has 1 heterocycles. The number of aliphatic hydroxyl groups is 1. The first kappa shape index (κ1) is 45.5. The zero-order valence-electron chi connectivity index (χ0n) is 34.7. The zero-order chi connectivity index (χ0) is 43.9. The molecule has 5 rings (SSSR count). The van der Waals surface area contributed by atoms with Gasteiger partial charge in [0.05, 0.1) is 37.2 Å². The van der Waals surface area contributed by atoms with Gasteiger partial charge in [0.1, 0.15) is 5.75 Å². The molecule has 0 aliphatic rings. The van der Waals surface area contributed by atoms with E-state index >= 15 is 0 Å². The van der Waals surface area contributed by atoms with Crippen molar-refractivity contribution in [3.05, 3.63) is 161 Å². The van der Waals surface area contributed by atoms with E-state index in [9.17, 15) is 32.7 Å². The number of carbonyl (C=O) groups excluding carboxylic acids is 4. The van der Waals surface area contributed by atoms with Crippen LogP contribution in [0.15, 0.2) is 128 Å². The average molecular weight is 849 g/mol. The highest BCUT2D eigenvalue weighted by molar-refractivity contribution is 7.92. The normalized spacial score (nSPS) is 12.6. The Morgan fingerprint density at radius 1 is 0.787 bits per heavy atom. The van der Waals surface area contributed by atoms with Gasteiger partial charge in [0, 0.05) is 63.0 Å².